The molecule has 0 heterocycles. The van der Waals surface area contributed by atoms with E-state index in [0.717, 1.165) is 16.8 Å². The van der Waals surface area contributed by atoms with Crippen LogP contribution in [-0.4, -0.2) is 5.91 Å². The van der Waals surface area contributed by atoms with Gasteiger partial charge in [0.25, 0.3) is 0 Å². The average molecular weight is 339 g/mol. The number of para-hydroxylation sites is 1. The zero-order chi connectivity index (χ0) is 13.7. The first-order valence-electron chi connectivity index (χ1n) is 5.87. The molecule has 0 radical (unpaired) electrons. The van der Waals surface area contributed by atoms with Crippen LogP contribution >= 0.6 is 27.5 Å². The summed E-state index contributed by atoms with van der Waals surface area (Å²) in [5.74, 6) is -0.0317. The van der Waals surface area contributed by atoms with Gasteiger partial charge in [-0.2, -0.15) is 0 Å². The Balaban J connectivity index is 2.03. The van der Waals surface area contributed by atoms with Crippen molar-refractivity contribution in [2.75, 3.05) is 5.32 Å². The molecule has 2 aromatic carbocycles. The molecule has 2 aromatic rings. The average Bonchev–Trinajstić information content (AvgIpc) is 2.42. The lowest BCUT2D eigenvalue weighted by Gasteiger charge is -2.09. The Morgan fingerprint density at radius 3 is 2.47 bits per heavy atom. The maximum Gasteiger partial charge on any atom is 0.228 e. The van der Waals surface area contributed by atoms with Crippen molar-refractivity contribution in [3.05, 3.63) is 64.7 Å². The van der Waals surface area contributed by atoms with Crippen LogP contribution in [-0.2, 0) is 16.5 Å². The number of halogens is 2. The molecule has 0 bridgehead atoms. The zero-order valence-electron chi connectivity index (χ0n) is 10.2. The van der Waals surface area contributed by atoms with Crippen molar-refractivity contribution >= 4 is 39.1 Å². The first-order chi connectivity index (χ1) is 9.19. The molecule has 2 rings (SSSR count). The minimum atomic E-state index is -0.0317. The van der Waals surface area contributed by atoms with E-state index in [0.29, 0.717) is 16.8 Å². The maximum atomic E-state index is 12.0. The molecule has 4 heteroatoms. The summed E-state index contributed by atoms with van der Waals surface area (Å²) in [6.45, 7) is 0. The van der Waals surface area contributed by atoms with Crippen molar-refractivity contribution in [3.63, 3.8) is 0 Å². The molecular formula is C15H13BrClNO. The summed E-state index contributed by atoms with van der Waals surface area (Å²) in [5, 5.41) is 4.31. The second-order valence-corrected chi connectivity index (χ2v) is 5.14. The summed E-state index contributed by atoms with van der Waals surface area (Å²) in [5.41, 5.74) is 2.85. The molecule has 2 nitrogen and oxygen atoms in total. The van der Waals surface area contributed by atoms with Crippen LogP contribution in [0.25, 0.3) is 0 Å². The van der Waals surface area contributed by atoms with Gasteiger partial charge < -0.3 is 5.32 Å². The molecule has 19 heavy (non-hydrogen) atoms. The van der Waals surface area contributed by atoms with Crippen LogP contribution < -0.4 is 5.32 Å². The lowest BCUT2D eigenvalue weighted by molar-refractivity contribution is -0.115. The van der Waals surface area contributed by atoms with E-state index >= 15 is 0 Å². The monoisotopic (exact) mass is 337 g/mol. The Labute approximate surface area is 125 Å². The summed E-state index contributed by atoms with van der Waals surface area (Å²) < 4.78 is 0. The summed E-state index contributed by atoms with van der Waals surface area (Å²) in [7, 11) is 0. The third kappa shape index (κ3) is 4.08. The van der Waals surface area contributed by atoms with E-state index in [4.69, 9.17) is 11.6 Å². The van der Waals surface area contributed by atoms with Gasteiger partial charge in [0.2, 0.25) is 5.91 Å². The van der Waals surface area contributed by atoms with Crippen LogP contribution in [0.2, 0.25) is 5.02 Å². The van der Waals surface area contributed by atoms with Gasteiger partial charge in [-0.15, -0.1) is 0 Å². The number of nitrogens with one attached hydrogen (secondary N) is 1. The van der Waals surface area contributed by atoms with Crippen LogP contribution in [0, 0.1) is 0 Å². The largest absolute Gasteiger partial charge is 0.326 e. The molecule has 0 aliphatic rings. The highest BCUT2D eigenvalue weighted by Gasteiger charge is 2.06. The van der Waals surface area contributed by atoms with Crippen LogP contribution in [0.4, 0.5) is 5.69 Å². The lowest BCUT2D eigenvalue weighted by atomic mass is 10.1. The number of benzene rings is 2. The maximum absolute atomic E-state index is 12.0. The van der Waals surface area contributed by atoms with Crippen molar-refractivity contribution in [1.29, 1.82) is 0 Å². The fraction of sp³-hybridized carbons (Fsp3) is 0.133. The summed E-state index contributed by atoms with van der Waals surface area (Å²) >= 11 is 9.22. The van der Waals surface area contributed by atoms with Gasteiger partial charge in [0.15, 0.2) is 0 Å². The van der Waals surface area contributed by atoms with Gasteiger partial charge >= 0.3 is 0 Å². The standard InChI is InChI=1S/C15H13BrClNO/c16-10-12-3-1-2-4-14(12)18-15(19)9-11-5-7-13(17)8-6-11/h1-8H,9-10H2,(H,18,19). The highest BCUT2D eigenvalue weighted by Crippen LogP contribution is 2.18. The molecule has 0 aromatic heterocycles. The molecule has 0 atom stereocenters. The number of alkyl halides is 1. The molecule has 0 aliphatic heterocycles. The number of hydrogen-bond donors (Lipinski definition) is 1. The highest BCUT2D eigenvalue weighted by atomic mass is 79.9. The van der Waals surface area contributed by atoms with Crippen LogP contribution in [0.15, 0.2) is 48.5 Å². The molecule has 0 aliphatic carbocycles. The third-order valence-corrected chi connectivity index (χ3v) is 3.57. The molecule has 0 spiro atoms. The number of carbonyl (C=O) groups is 1. The van der Waals surface area contributed by atoms with Gasteiger partial charge in [0.05, 0.1) is 6.42 Å². The number of carbonyl (C=O) groups excluding carboxylic acids is 1. The Morgan fingerprint density at radius 2 is 1.79 bits per heavy atom. The molecule has 0 unspecified atom stereocenters. The molecule has 1 N–H and O–H groups in total. The van der Waals surface area contributed by atoms with Gasteiger partial charge in [0, 0.05) is 16.0 Å². The van der Waals surface area contributed by atoms with E-state index < -0.39 is 0 Å². The number of rotatable bonds is 4. The van der Waals surface area contributed by atoms with Crippen LogP contribution in [0.3, 0.4) is 0 Å². The van der Waals surface area contributed by atoms with Gasteiger partial charge in [-0.25, -0.2) is 0 Å². The Bertz CT molecular complexity index is 569. The minimum Gasteiger partial charge on any atom is -0.326 e. The number of anilines is 1. The van der Waals surface area contributed by atoms with Crippen LogP contribution in [0.5, 0.6) is 0 Å². The van der Waals surface area contributed by atoms with Gasteiger partial charge in [-0.3, -0.25) is 4.79 Å². The van der Waals surface area contributed by atoms with E-state index in [1.54, 1.807) is 12.1 Å². The van der Waals surface area contributed by atoms with Crippen molar-refractivity contribution < 1.29 is 4.79 Å². The topological polar surface area (TPSA) is 29.1 Å². The van der Waals surface area contributed by atoms with E-state index in [2.05, 4.69) is 21.2 Å². The minimum absolute atomic E-state index is 0.0317. The van der Waals surface area contributed by atoms with Gasteiger partial charge in [-0.05, 0) is 29.3 Å². The summed E-state index contributed by atoms with van der Waals surface area (Å²) in [6, 6.07) is 15.0. The van der Waals surface area contributed by atoms with E-state index in [9.17, 15) is 4.79 Å². The van der Waals surface area contributed by atoms with Crippen molar-refractivity contribution in [1.82, 2.24) is 0 Å². The smallest absolute Gasteiger partial charge is 0.228 e. The fourth-order valence-corrected chi connectivity index (χ4v) is 2.36. The van der Waals surface area contributed by atoms with Crippen molar-refractivity contribution in [2.45, 2.75) is 11.8 Å². The Hall–Kier alpha value is -1.32. The molecule has 0 saturated heterocycles. The van der Waals surface area contributed by atoms with Crippen molar-refractivity contribution in [2.24, 2.45) is 0 Å². The van der Waals surface area contributed by atoms with E-state index in [1.165, 1.54) is 0 Å². The third-order valence-electron chi connectivity index (χ3n) is 2.71. The second-order valence-electron chi connectivity index (χ2n) is 4.14. The fourth-order valence-electron chi connectivity index (χ4n) is 1.74. The Morgan fingerprint density at radius 1 is 1.11 bits per heavy atom. The molecule has 0 saturated carbocycles. The Kier molecular flexibility index (Phi) is 5.00. The lowest BCUT2D eigenvalue weighted by Crippen LogP contribution is -2.15. The SMILES string of the molecule is O=C(Cc1ccc(Cl)cc1)Nc1ccccc1CBr. The van der Waals surface area contributed by atoms with E-state index in [1.807, 2.05) is 36.4 Å². The molecule has 0 fully saturated rings. The van der Waals surface area contributed by atoms with Gasteiger partial charge in [0.1, 0.15) is 0 Å². The zero-order valence-corrected chi connectivity index (χ0v) is 12.5. The predicted molar refractivity (Wildman–Crippen MR) is 82.9 cm³/mol. The first-order valence-corrected chi connectivity index (χ1v) is 7.37. The second kappa shape index (κ2) is 6.73. The highest BCUT2D eigenvalue weighted by molar-refractivity contribution is 9.08. The van der Waals surface area contributed by atoms with Crippen LogP contribution in [0.1, 0.15) is 11.1 Å². The summed E-state index contributed by atoms with van der Waals surface area (Å²) in [6.07, 6.45) is 0.341. The normalized spacial score (nSPS) is 10.2. The first kappa shape index (κ1) is 14.1. The predicted octanol–water partition coefficient (Wildman–Crippen LogP) is 4.42. The number of hydrogen-bond acceptors (Lipinski definition) is 1. The molecule has 98 valence electrons. The van der Waals surface area contributed by atoms with Gasteiger partial charge in [-0.1, -0.05) is 57.9 Å². The summed E-state index contributed by atoms with van der Waals surface area (Å²) in [4.78, 5) is 12.0. The van der Waals surface area contributed by atoms with E-state index in [-0.39, 0.29) is 5.91 Å². The van der Waals surface area contributed by atoms with Crippen molar-refractivity contribution in [3.8, 4) is 0 Å². The molecule has 1 amide bonds. The quantitative estimate of drug-likeness (QED) is 0.822. The number of amides is 1. The molecular weight excluding hydrogens is 326 g/mol.